The molecule has 9 nitrogen and oxygen atoms in total. The Balaban J connectivity index is 1.62. The van der Waals surface area contributed by atoms with Gasteiger partial charge < -0.3 is 4.42 Å². The number of nitrogens with one attached hydrogen (secondary N) is 1. The standard InChI is InChI=1S/C23H17N3O6/c1-2-14-3-7-16(8-4-14)25-22(28)19(21(27)24-23(25)29)13-18-11-12-20(32-18)15-5-9-17(10-6-15)26(30)31/h3-13H,2H2,1H3,(H,24,27,29)/b19-13-. The lowest BCUT2D eigenvalue weighted by Gasteiger charge is -2.26. The SMILES string of the molecule is CCc1ccc(N2C(=O)NC(=O)/C(=C/c3ccc(-c4ccc([N+](=O)[O-])cc4)o3)C2=O)cc1. The van der Waals surface area contributed by atoms with Crippen LogP contribution in [0.2, 0.25) is 0 Å². The molecule has 0 bridgehead atoms. The minimum Gasteiger partial charge on any atom is -0.457 e. The summed E-state index contributed by atoms with van der Waals surface area (Å²) in [5, 5.41) is 13.0. The van der Waals surface area contributed by atoms with Gasteiger partial charge in [0.25, 0.3) is 17.5 Å². The summed E-state index contributed by atoms with van der Waals surface area (Å²) in [6, 6.07) is 15.0. The second-order valence-electron chi connectivity index (χ2n) is 6.98. The van der Waals surface area contributed by atoms with Crippen molar-refractivity contribution in [2.24, 2.45) is 0 Å². The molecule has 1 aliphatic heterocycles. The van der Waals surface area contributed by atoms with Gasteiger partial charge in [-0.15, -0.1) is 0 Å². The van der Waals surface area contributed by atoms with E-state index in [1.807, 2.05) is 6.92 Å². The number of carbonyl (C=O) groups is 3. The number of hydrogen-bond acceptors (Lipinski definition) is 6. The van der Waals surface area contributed by atoms with Crippen molar-refractivity contribution in [3.63, 3.8) is 0 Å². The molecule has 2 aromatic carbocycles. The van der Waals surface area contributed by atoms with Gasteiger partial charge in [0.1, 0.15) is 17.1 Å². The minimum atomic E-state index is -0.826. The summed E-state index contributed by atoms with van der Waals surface area (Å²) in [5.74, 6) is -0.975. The van der Waals surface area contributed by atoms with Gasteiger partial charge in [0.15, 0.2) is 0 Å². The predicted octanol–water partition coefficient (Wildman–Crippen LogP) is 4.08. The van der Waals surface area contributed by atoms with Crippen molar-refractivity contribution in [3.05, 3.63) is 87.7 Å². The minimum absolute atomic E-state index is 0.0520. The number of amides is 4. The van der Waals surface area contributed by atoms with E-state index in [2.05, 4.69) is 5.32 Å². The van der Waals surface area contributed by atoms with Crippen molar-refractivity contribution < 1.29 is 23.7 Å². The Morgan fingerprint density at radius 1 is 1.00 bits per heavy atom. The molecule has 0 radical (unpaired) electrons. The maximum absolute atomic E-state index is 13.0. The van der Waals surface area contributed by atoms with Crippen LogP contribution in [-0.2, 0) is 16.0 Å². The summed E-state index contributed by atoms with van der Waals surface area (Å²) in [6.45, 7) is 1.99. The van der Waals surface area contributed by atoms with Gasteiger partial charge in [-0.3, -0.25) is 25.0 Å². The Kier molecular flexibility index (Phi) is 5.38. The summed E-state index contributed by atoms with van der Waals surface area (Å²) in [5.41, 5.74) is 1.67. The van der Waals surface area contributed by atoms with Crippen LogP contribution in [0.25, 0.3) is 17.4 Å². The average molecular weight is 431 g/mol. The Labute approximate surface area is 182 Å². The number of hydrogen-bond donors (Lipinski definition) is 1. The number of nitro benzene ring substituents is 1. The second kappa shape index (κ2) is 8.31. The first-order valence-electron chi connectivity index (χ1n) is 9.72. The molecule has 0 saturated carbocycles. The van der Waals surface area contributed by atoms with Crippen LogP contribution < -0.4 is 10.2 Å². The number of aryl methyl sites for hydroxylation is 1. The molecule has 0 unspecified atom stereocenters. The fourth-order valence-electron chi connectivity index (χ4n) is 3.25. The summed E-state index contributed by atoms with van der Waals surface area (Å²) in [6.07, 6.45) is 2.06. The summed E-state index contributed by atoms with van der Waals surface area (Å²) >= 11 is 0. The van der Waals surface area contributed by atoms with E-state index >= 15 is 0 Å². The van der Waals surface area contributed by atoms with Crippen LogP contribution >= 0.6 is 0 Å². The zero-order valence-corrected chi connectivity index (χ0v) is 16.9. The zero-order chi connectivity index (χ0) is 22.8. The number of rotatable bonds is 5. The third kappa shape index (κ3) is 3.91. The van der Waals surface area contributed by atoms with Crippen LogP contribution in [0.3, 0.4) is 0 Å². The van der Waals surface area contributed by atoms with Gasteiger partial charge in [-0.25, -0.2) is 9.69 Å². The predicted molar refractivity (Wildman–Crippen MR) is 116 cm³/mol. The van der Waals surface area contributed by atoms with Gasteiger partial charge in [-0.05, 0) is 54.5 Å². The first kappa shape index (κ1) is 20.7. The number of imide groups is 2. The van der Waals surface area contributed by atoms with Crippen molar-refractivity contribution in [2.45, 2.75) is 13.3 Å². The lowest BCUT2D eigenvalue weighted by atomic mass is 10.1. The molecule has 0 spiro atoms. The van der Waals surface area contributed by atoms with Crippen molar-refractivity contribution in [1.82, 2.24) is 5.32 Å². The first-order chi connectivity index (χ1) is 15.4. The number of benzene rings is 2. The molecule has 3 aromatic rings. The van der Waals surface area contributed by atoms with Crippen LogP contribution in [0.1, 0.15) is 18.2 Å². The van der Waals surface area contributed by atoms with Crippen LogP contribution in [-0.4, -0.2) is 22.8 Å². The lowest BCUT2D eigenvalue weighted by Crippen LogP contribution is -2.54. The monoisotopic (exact) mass is 431 g/mol. The molecule has 2 heterocycles. The van der Waals surface area contributed by atoms with Crippen molar-refractivity contribution in [3.8, 4) is 11.3 Å². The fourth-order valence-corrected chi connectivity index (χ4v) is 3.25. The molecular weight excluding hydrogens is 414 g/mol. The normalized spacial score (nSPS) is 15.2. The quantitative estimate of drug-likeness (QED) is 0.281. The fraction of sp³-hybridized carbons (Fsp3) is 0.0870. The molecule has 32 heavy (non-hydrogen) atoms. The number of anilines is 1. The highest BCUT2D eigenvalue weighted by Crippen LogP contribution is 2.27. The molecule has 1 aliphatic rings. The van der Waals surface area contributed by atoms with Crippen molar-refractivity contribution in [2.75, 3.05) is 4.90 Å². The van der Waals surface area contributed by atoms with E-state index < -0.39 is 22.8 Å². The summed E-state index contributed by atoms with van der Waals surface area (Å²) in [4.78, 5) is 48.8. The molecule has 0 atom stereocenters. The number of non-ortho nitro benzene ring substituents is 1. The van der Waals surface area contributed by atoms with E-state index in [4.69, 9.17) is 4.42 Å². The molecule has 4 amide bonds. The maximum atomic E-state index is 13.0. The molecular formula is C23H17N3O6. The Bertz CT molecular complexity index is 1260. The molecule has 1 N–H and O–H groups in total. The third-order valence-corrected chi connectivity index (χ3v) is 4.98. The van der Waals surface area contributed by atoms with Crippen LogP contribution in [0, 0.1) is 10.1 Å². The molecule has 1 saturated heterocycles. The topological polar surface area (TPSA) is 123 Å². The van der Waals surface area contributed by atoms with Gasteiger partial charge in [-0.1, -0.05) is 19.1 Å². The number of nitrogens with zero attached hydrogens (tertiary/aromatic N) is 2. The average Bonchev–Trinajstić information content (AvgIpc) is 3.26. The number of nitro groups is 1. The van der Waals surface area contributed by atoms with Crippen LogP contribution in [0.4, 0.5) is 16.2 Å². The number of furan rings is 1. The molecule has 9 heteroatoms. The Morgan fingerprint density at radius 2 is 1.69 bits per heavy atom. The molecule has 4 rings (SSSR count). The Morgan fingerprint density at radius 3 is 2.31 bits per heavy atom. The third-order valence-electron chi connectivity index (χ3n) is 4.98. The summed E-state index contributed by atoms with van der Waals surface area (Å²) < 4.78 is 5.69. The lowest BCUT2D eigenvalue weighted by molar-refractivity contribution is -0.384. The van der Waals surface area contributed by atoms with Gasteiger partial charge in [0.2, 0.25) is 0 Å². The highest BCUT2D eigenvalue weighted by molar-refractivity contribution is 6.39. The highest BCUT2D eigenvalue weighted by atomic mass is 16.6. The summed E-state index contributed by atoms with van der Waals surface area (Å²) in [7, 11) is 0. The van der Waals surface area contributed by atoms with Crippen LogP contribution in [0.5, 0.6) is 0 Å². The van der Waals surface area contributed by atoms with E-state index in [0.29, 0.717) is 17.0 Å². The van der Waals surface area contributed by atoms with E-state index in [1.165, 1.54) is 30.3 Å². The maximum Gasteiger partial charge on any atom is 0.335 e. The van der Waals surface area contributed by atoms with Crippen molar-refractivity contribution >= 4 is 35.3 Å². The highest BCUT2D eigenvalue weighted by Gasteiger charge is 2.37. The van der Waals surface area contributed by atoms with E-state index in [9.17, 15) is 24.5 Å². The number of urea groups is 1. The number of barbiturate groups is 1. The zero-order valence-electron chi connectivity index (χ0n) is 16.9. The van der Waals surface area contributed by atoms with Gasteiger partial charge >= 0.3 is 6.03 Å². The van der Waals surface area contributed by atoms with Crippen LogP contribution in [0.15, 0.2) is 70.7 Å². The van der Waals surface area contributed by atoms with Crippen molar-refractivity contribution in [1.29, 1.82) is 0 Å². The van der Waals surface area contributed by atoms with Gasteiger partial charge in [0.05, 0.1) is 10.6 Å². The molecule has 0 aliphatic carbocycles. The van der Waals surface area contributed by atoms with Gasteiger partial charge in [-0.2, -0.15) is 0 Å². The Hall–Kier alpha value is -4.53. The van der Waals surface area contributed by atoms with E-state index in [0.717, 1.165) is 16.9 Å². The van der Waals surface area contributed by atoms with E-state index in [-0.39, 0.29) is 17.0 Å². The largest absolute Gasteiger partial charge is 0.457 e. The molecule has 1 aromatic heterocycles. The smallest absolute Gasteiger partial charge is 0.335 e. The second-order valence-corrected chi connectivity index (χ2v) is 6.98. The molecule has 1 fully saturated rings. The number of carbonyl (C=O) groups excluding carboxylic acids is 3. The first-order valence-corrected chi connectivity index (χ1v) is 9.72. The molecule has 160 valence electrons. The van der Waals surface area contributed by atoms with E-state index in [1.54, 1.807) is 36.4 Å². The van der Waals surface area contributed by atoms with Gasteiger partial charge in [0, 0.05) is 17.7 Å².